The summed E-state index contributed by atoms with van der Waals surface area (Å²) in [7, 11) is 0. The molecule has 0 radical (unpaired) electrons. The highest BCUT2D eigenvalue weighted by atomic mass is 16.5. The number of hydrogen-bond acceptors (Lipinski definition) is 4. The molecule has 0 aromatic heterocycles. The second-order valence-electron chi connectivity index (χ2n) is 2.33. The molecule has 0 spiro atoms. The molecule has 0 aromatic rings. The summed E-state index contributed by atoms with van der Waals surface area (Å²) in [6.45, 7) is 9.03. The van der Waals surface area contributed by atoms with E-state index in [1.807, 2.05) is 0 Å². The summed E-state index contributed by atoms with van der Waals surface area (Å²) in [5.74, 6) is -0.211. The van der Waals surface area contributed by atoms with Crippen molar-refractivity contribution < 1.29 is 19.7 Å². The molecular weight excluding hydrogens is 172 g/mol. The van der Waals surface area contributed by atoms with Gasteiger partial charge in [-0.05, 0) is 27.7 Å². The van der Waals surface area contributed by atoms with Gasteiger partial charge in [0.25, 0.3) is 0 Å². The second-order valence-corrected chi connectivity index (χ2v) is 2.33. The number of esters is 1. The third-order valence-electron chi connectivity index (χ3n) is 0.348. The highest BCUT2D eigenvalue weighted by Gasteiger charge is 1.81. The Kier molecular flexibility index (Phi) is 24.5. The Morgan fingerprint density at radius 2 is 1.62 bits per heavy atom. The molecule has 0 aliphatic carbocycles. The van der Waals surface area contributed by atoms with Crippen LogP contribution < -0.4 is 0 Å². The van der Waals surface area contributed by atoms with Gasteiger partial charge in [-0.1, -0.05) is 0 Å². The topological polar surface area (TPSA) is 66.8 Å². The van der Waals surface area contributed by atoms with Crippen molar-refractivity contribution in [1.29, 1.82) is 0 Å². The molecule has 4 nitrogen and oxygen atoms in total. The van der Waals surface area contributed by atoms with Crippen LogP contribution in [0.2, 0.25) is 0 Å². The van der Waals surface area contributed by atoms with Gasteiger partial charge in [-0.25, -0.2) is 0 Å². The average Bonchev–Trinajstić information content (AvgIpc) is 1.86. The number of carbonyl (C=O) groups excluding carboxylic acids is 1. The molecule has 0 aliphatic heterocycles. The van der Waals surface area contributed by atoms with Crippen LogP contribution in [0.1, 0.15) is 34.6 Å². The number of rotatable bonds is 1. The molecule has 0 rings (SSSR count). The Balaban J connectivity index is -0.000000125. The van der Waals surface area contributed by atoms with Gasteiger partial charge < -0.3 is 14.9 Å². The van der Waals surface area contributed by atoms with Crippen LogP contribution >= 0.6 is 0 Å². The number of carbonyl (C=O) groups is 1. The van der Waals surface area contributed by atoms with E-state index in [0.29, 0.717) is 6.61 Å². The zero-order chi connectivity index (χ0) is 11.3. The van der Waals surface area contributed by atoms with Crippen molar-refractivity contribution in [2.75, 3.05) is 13.2 Å². The van der Waals surface area contributed by atoms with Crippen LogP contribution in [-0.2, 0) is 9.53 Å². The quantitative estimate of drug-likeness (QED) is 0.610. The van der Waals surface area contributed by atoms with Crippen LogP contribution in [0.5, 0.6) is 0 Å². The highest BCUT2D eigenvalue weighted by molar-refractivity contribution is 5.65. The van der Waals surface area contributed by atoms with E-state index >= 15 is 0 Å². The van der Waals surface area contributed by atoms with E-state index in [9.17, 15) is 4.79 Å². The van der Waals surface area contributed by atoms with Gasteiger partial charge in [-0.3, -0.25) is 4.79 Å². The van der Waals surface area contributed by atoms with Crippen LogP contribution in [0, 0.1) is 0 Å². The van der Waals surface area contributed by atoms with E-state index < -0.39 is 0 Å². The smallest absolute Gasteiger partial charge is 0.302 e. The SMILES string of the molecule is CC(C)O.CCO.CCOC(C)=O. The second kappa shape index (κ2) is 17.5. The summed E-state index contributed by atoms with van der Waals surface area (Å²) < 4.78 is 4.40. The molecule has 0 aliphatic rings. The normalized spacial score (nSPS) is 7.69. The number of aliphatic hydroxyl groups excluding tert-OH is 2. The van der Waals surface area contributed by atoms with E-state index in [2.05, 4.69) is 4.74 Å². The van der Waals surface area contributed by atoms with Crippen molar-refractivity contribution in [3.05, 3.63) is 0 Å². The Morgan fingerprint density at radius 3 is 1.62 bits per heavy atom. The Morgan fingerprint density at radius 1 is 1.38 bits per heavy atom. The minimum absolute atomic E-state index is 0.167. The van der Waals surface area contributed by atoms with Crippen LogP contribution in [-0.4, -0.2) is 35.5 Å². The predicted octanol–water partition coefficient (Wildman–Crippen LogP) is 0.955. The van der Waals surface area contributed by atoms with Gasteiger partial charge in [0.2, 0.25) is 0 Å². The van der Waals surface area contributed by atoms with Crippen LogP contribution in [0.4, 0.5) is 0 Å². The molecular formula is C9H22O4. The maximum Gasteiger partial charge on any atom is 0.302 e. The van der Waals surface area contributed by atoms with Gasteiger partial charge in [0, 0.05) is 19.6 Å². The molecule has 0 atom stereocenters. The summed E-state index contributed by atoms with van der Waals surface area (Å²) in [6, 6.07) is 0. The zero-order valence-corrected chi connectivity index (χ0v) is 9.20. The van der Waals surface area contributed by atoms with Crippen LogP contribution in [0.25, 0.3) is 0 Å². The molecule has 0 aromatic carbocycles. The minimum Gasteiger partial charge on any atom is -0.466 e. The molecule has 0 heterocycles. The van der Waals surface area contributed by atoms with Gasteiger partial charge in [-0.15, -0.1) is 0 Å². The first-order valence-electron chi connectivity index (χ1n) is 4.34. The fourth-order valence-corrected chi connectivity index (χ4v) is 0.203. The van der Waals surface area contributed by atoms with E-state index in [4.69, 9.17) is 10.2 Å². The molecule has 0 saturated carbocycles. The van der Waals surface area contributed by atoms with Gasteiger partial charge >= 0.3 is 5.97 Å². The summed E-state index contributed by atoms with van der Waals surface area (Å²) in [5, 5.41) is 15.6. The van der Waals surface area contributed by atoms with Crippen molar-refractivity contribution in [3.63, 3.8) is 0 Å². The van der Waals surface area contributed by atoms with E-state index in [-0.39, 0.29) is 18.7 Å². The summed E-state index contributed by atoms with van der Waals surface area (Å²) in [6.07, 6.45) is -0.167. The molecule has 0 saturated heterocycles. The van der Waals surface area contributed by atoms with Gasteiger partial charge in [-0.2, -0.15) is 0 Å². The van der Waals surface area contributed by atoms with Gasteiger partial charge in [0.1, 0.15) is 0 Å². The third kappa shape index (κ3) is 176. The summed E-state index contributed by atoms with van der Waals surface area (Å²) >= 11 is 0. The van der Waals surface area contributed by atoms with Crippen molar-refractivity contribution in [2.24, 2.45) is 0 Å². The Labute approximate surface area is 80.5 Å². The first-order chi connectivity index (χ1) is 5.92. The van der Waals surface area contributed by atoms with E-state index in [1.165, 1.54) is 6.92 Å². The lowest BCUT2D eigenvalue weighted by Gasteiger charge is -1.89. The van der Waals surface area contributed by atoms with Crippen LogP contribution in [0.3, 0.4) is 0 Å². The van der Waals surface area contributed by atoms with Crippen molar-refractivity contribution in [3.8, 4) is 0 Å². The number of aliphatic hydroxyl groups is 2. The molecule has 0 fully saturated rings. The van der Waals surface area contributed by atoms with E-state index in [1.54, 1.807) is 27.7 Å². The third-order valence-corrected chi connectivity index (χ3v) is 0.348. The number of hydrogen-bond donors (Lipinski definition) is 2. The lowest BCUT2D eigenvalue weighted by Crippen LogP contribution is -1.95. The lowest BCUT2D eigenvalue weighted by atomic mass is 10.5. The van der Waals surface area contributed by atoms with Crippen LogP contribution in [0.15, 0.2) is 0 Å². The highest BCUT2D eigenvalue weighted by Crippen LogP contribution is 1.69. The van der Waals surface area contributed by atoms with Crippen molar-refractivity contribution >= 4 is 5.97 Å². The molecule has 13 heavy (non-hydrogen) atoms. The van der Waals surface area contributed by atoms with E-state index in [0.717, 1.165) is 0 Å². The first-order valence-corrected chi connectivity index (χ1v) is 4.34. The first kappa shape index (κ1) is 18.2. The molecule has 0 bridgehead atoms. The summed E-state index contributed by atoms with van der Waals surface area (Å²) in [4.78, 5) is 9.82. The molecule has 82 valence electrons. The lowest BCUT2D eigenvalue weighted by molar-refractivity contribution is -0.140. The Hall–Kier alpha value is -0.610. The number of ether oxygens (including phenoxy) is 1. The molecule has 0 unspecified atom stereocenters. The maximum absolute atomic E-state index is 9.82. The minimum atomic E-state index is -0.211. The van der Waals surface area contributed by atoms with Gasteiger partial charge in [0.15, 0.2) is 0 Å². The fraction of sp³-hybridized carbons (Fsp3) is 0.889. The van der Waals surface area contributed by atoms with Crippen molar-refractivity contribution in [1.82, 2.24) is 0 Å². The monoisotopic (exact) mass is 194 g/mol. The van der Waals surface area contributed by atoms with Crippen molar-refractivity contribution in [2.45, 2.75) is 40.7 Å². The summed E-state index contributed by atoms with van der Waals surface area (Å²) in [5.41, 5.74) is 0. The fourth-order valence-electron chi connectivity index (χ4n) is 0.203. The molecule has 4 heteroatoms. The molecule has 0 amide bonds. The largest absolute Gasteiger partial charge is 0.466 e. The predicted molar refractivity (Wildman–Crippen MR) is 52.4 cm³/mol. The Bertz CT molecular complexity index is 88.9. The zero-order valence-electron chi connectivity index (χ0n) is 9.20. The standard InChI is InChI=1S/C4H8O2.C3H8O.C2H6O/c1-3-6-4(2)5;1-3(2)4;1-2-3/h3H2,1-2H3;3-4H,1-2H3;3H,2H2,1H3. The maximum atomic E-state index is 9.82. The molecule has 2 N–H and O–H groups in total. The van der Waals surface area contributed by atoms with Gasteiger partial charge in [0.05, 0.1) is 6.61 Å². The average molecular weight is 194 g/mol.